The first-order valence-corrected chi connectivity index (χ1v) is 9.05. The number of hydrogen-bond donors (Lipinski definition) is 2. The maximum Gasteiger partial charge on any atom is 0.325 e. The quantitative estimate of drug-likeness (QED) is 0.702. The second-order valence-electron chi connectivity index (χ2n) is 6.85. The first-order valence-electron chi connectivity index (χ1n) is 8.23. The third-order valence-corrected chi connectivity index (χ3v) is 4.67. The first kappa shape index (κ1) is 18.5. The van der Waals surface area contributed by atoms with Crippen LogP contribution in [-0.2, 0) is 5.41 Å². The molecule has 0 aliphatic heterocycles. The number of urea groups is 1. The van der Waals surface area contributed by atoms with Gasteiger partial charge in [-0.1, -0.05) is 38.2 Å². The van der Waals surface area contributed by atoms with E-state index in [1.54, 1.807) is 24.5 Å². The molecule has 136 valence electrons. The summed E-state index contributed by atoms with van der Waals surface area (Å²) in [5, 5.41) is 23.9. The number of amides is 2. The van der Waals surface area contributed by atoms with Gasteiger partial charge in [0.25, 0.3) is 0 Å². The second kappa shape index (κ2) is 7.51. The summed E-state index contributed by atoms with van der Waals surface area (Å²) >= 11 is 1.26. The predicted molar refractivity (Wildman–Crippen MR) is 106 cm³/mol. The molecule has 3 aromatic rings. The van der Waals surface area contributed by atoms with E-state index in [2.05, 4.69) is 31.9 Å². The largest absolute Gasteiger partial charge is 0.325 e. The molecule has 0 saturated heterocycles. The van der Waals surface area contributed by atoms with Gasteiger partial charge >= 0.3 is 6.03 Å². The van der Waals surface area contributed by atoms with E-state index in [1.807, 2.05) is 39.0 Å². The molecule has 3 rings (SSSR count). The zero-order valence-corrected chi connectivity index (χ0v) is 16.0. The van der Waals surface area contributed by atoms with Gasteiger partial charge in [0, 0.05) is 23.6 Å². The van der Waals surface area contributed by atoms with Crippen molar-refractivity contribution in [1.29, 1.82) is 5.26 Å². The molecule has 27 heavy (non-hydrogen) atoms. The molecule has 2 amide bonds. The van der Waals surface area contributed by atoms with Crippen molar-refractivity contribution in [2.24, 2.45) is 0 Å². The molecule has 0 bridgehead atoms. The molecule has 0 saturated carbocycles. The average molecular weight is 378 g/mol. The monoisotopic (exact) mass is 378 g/mol. The Labute approximate surface area is 161 Å². The van der Waals surface area contributed by atoms with Crippen LogP contribution in [-0.4, -0.2) is 21.2 Å². The number of hydrogen-bond acceptors (Lipinski definition) is 6. The highest BCUT2D eigenvalue weighted by atomic mass is 32.1. The van der Waals surface area contributed by atoms with E-state index in [1.165, 1.54) is 11.3 Å². The number of carbonyl (C=O) groups excluding carboxylic acids is 1. The lowest BCUT2D eigenvalue weighted by atomic mass is 9.84. The van der Waals surface area contributed by atoms with Crippen LogP contribution in [0.2, 0.25) is 0 Å². The van der Waals surface area contributed by atoms with Gasteiger partial charge in [0.2, 0.25) is 5.13 Å². The summed E-state index contributed by atoms with van der Waals surface area (Å²) in [6.07, 6.45) is 3.34. The SMILES string of the molecule is CC(C)(C)c1ccc(NC(=O)Nc2nnc(-c3ccncc3)s2)cc1C#N. The highest BCUT2D eigenvalue weighted by Gasteiger charge is 2.18. The Morgan fingerprint density at radius 2 is 1.85 bits per heavy atom. The smallest absolute Gasteiger partial charge is 0.308 e. The molecule has 2 N–H and O–H groups in total. The number of nitriles is 1. The molecule has 0 unspecified atom stereocenters. The minimum Gasteiger partial charge on any atom is -0.308 e. The maximum absolute atomic E-state index is 12.2. The summed E-state index contributed by atoms with van der Waals surface area (Å²) in [4.78, 5) is 16.2. The van der Waals surface area contributed by atoms with Crippen molar-refractivity contribution in [2.75, 3.05) is 10.6 Å². The van der Waals surface area contributed by atoms with Crippen LogP contribution in [0.3, 0.4) is 0 Å². The summed E-state index contributed by atoms with van der Waals surface area (Å²) in [5.74, 6) is 0. The molecule has 2 heterocycles. The Bertz CT molecular complexity index is 1000. The molecule has 0 aliphatic carbocycles. The Hall–Kier alpha value is -3.31. The highest BCUT2D eigenvalue weighted by molar-refractivity contribution is 7.18. The number of aromatic nitrogens is 3. The summed E-state index contributed by atoms with van der Waals surface area (Å²) in [6, 6.07) is 10.7. The van der Waals surface area contributed by atoms with Crippen molar-refractivity contribution in [2.45, 2.75) is 26.2 Å². The third-order valence-electron chi connectivity index (χ3n) is 3.78. The normalized spacial score (nSPS) is 10.9. The van der Waals surface area contributed by atoms with Crippen molar-refractivity contribution < 1.29 is 4.79 Å². The summed E-state index contributed by atoms with van der Waals surface area (Å²) in [6.45, 7) is 6.12. The lowest BCUT2D eigenvalue weighted by Gasteiger charge is -2.21. The van der Waals surface area contributed by atoms with Crippen LogP contribution >= 0.6 is 11.3 Å². The first-order chi connectivity index (χ1) is 12.9. The minimum absolute atomic E-state index is 0.151. The van der Waals surface area contributed by atoms with Gasteiger partial charge in [-0.15, -0.1) is 10.2 Å². The van der Waals surface area contributed by atoms with Crippen molar-refractivity contribution in [3.05, 3.63) is 53.9 Å². The number of nitrogens with one attached hydrogen (secondary N) is 2. The van der Waals surface area contributed by atoms with Crippen LogP contribution in [0.25, 0.3) is 10.6 Å². The van der Waals surface area contributed by atoms with Crippen molar-refractivity contribution >= 4 is 28.2 Å². The summed E-state index contributed by atoms with van der Waals surface area (Å²) in [7, 11) is 0. The van der Waals surface area contributed by atoms with Gasteiger partial charge in [0.1, 0.15) is 5.01 Å². The number of nitrogens with zero attached hydrogens (tertiary/aromatic N) is 4. The van der Waals surface area contributed by atoms with E-state index in [-0.39, 0.29) is 5.41 Å². The molecule has 8 heteroatoms. The molecule has 2 aromatic heterocycles. The second-order valence-corrected chi connectivity index (χ2v) is 7.83. The Morgan fingerprint density at radius 1 is 1.11 bits per heavy atom. The van der Waals surface area contributed by atoms with Crippen molar-refractivity contribution in [3.63, 3.8) is 0 Å². The fraction of sp³-hybridized carbons (Fsp3) is 0.211. The molecule has 0 radical (unpaired) electrons. The van der Waals surface area contributed by atoms with Crippen LogP contribution in [0.4, 0.5) is 15.6 Å². The topological polar surface area (TPSA) is 104 Å². The van der Waals surface area contributed by atoms with E-state index in [9.17, 15) is 10.1 Å². The van der Waals surface area contributed by atoms with E-state index < -0.39 is 6.03 Å². The van der Waals surface area contributed by atoms with Crippen molar-refractivity contribution in [3.8, 4) is 16.6 Å². The van der Waals surface area contributed by atoms with Crippen LogP contribution in [0.1, 0.15) is 31.9 Å². The zero-order valence-electron chi connectivity index (χ0n) is 15.1. The Balaban J connectivity index is 1.70. The molecule has 0 fully saturated rings. The lowest BCUT2D eigenvalue weighted by Crippen LogP contribution is -2.20. The third kappa shape index (κ3) is 4.46. The standard InChI is InChI=1S/C19H18N6OS/c1-19(2,3)15-5-4-14(10-13(15)11-20)22-17(26)23-18-25-24-16(27-18)12-6-8-21-9-7-12/h4-10H,1-3H3,(H2,22,23,25,26). The fourth-order valence-corrected chi connectivity index (χ4v) is 3.26. The number of anilines is 2. The van der Waals surface area contributed by atoms with E-state index in [4.69, 9.17) is 0 Å². The molecule has 1 aromatic carbocycles. The summed E-state index contributed by atoms with van der Waals surface area (Å²) < 4.78 is 0. The number of carbonyl (C=O) groups is 1. The Morgan fingerprint density at radius 3 is 2.52 bits per heavy atom. The van der Waals surface area contributed by atoms with Gasteiger partial charge < -0.3 is 5.32 Å². The van der Waals surface area contributed by atoms with Gasteiger partial charge in [0.05, 0.1) is 11.6 Å². The Kier molecular flexibility index (Phi) is 5.14. The van der Waals surface area contributed by atoms with Gasteiger partial charge in [0.15, 0.2) is 0 Å². The maximum atomic E-state index is 12.2. The lowest BCUT2D eigenvalue weighted by molar-refractivity contribution is 0.262. The number of pyridine rings is 1. The molecule has 0 aliphatic rings. The van der Waals surface area contributed by atoms with Crippen LogP contribution < -0.4 is 10.6 Å². The highest BCUT2D eigenvalue weighted by Crippen LogP contribution is 2.28. The van der Waals surface area contributed by atoms with Gasteiger partial charge in [-0.3, -0.25) is 10.3 Å². The van der Waals surface area contributed by atoms with Crippen LogP contribution in [0.15, 0.2) is 42.7 Å². The zero-order chi connectivity index (χ0) is 19.4. The molecule has 7 nitrogen and oxygen atoms in total. The van der Waals surface area contributed by atoms with Crippen LogP contribution in [0.5, 0.6) is 0 Å². The summed E-state index contributed by atoms with van der Waals surface area (Å²) in [5.41, 5.74) is 2.74. The fourth-order valence-electron chi connectivity index (χ4n) is 2.51. The molecular weight excluding hydrogens is 360 g/mol. The van der Waals surface area contributed by atoms with Crippen molar-refractivity contribution in [1.82, 2.24) is 15.2 Å². The van der Waals surface area contributed by atoms with E-state index >= 15 is 0 Å². The van der Waals surface area contributed by atoms with Crippen LogP contribution in [0, 0.1) is 11.3 Å². The number of rotatable bonds is 3. The van der Waals surface area contributed by atoms with Gasteiger partial charge in [-0.05, 0) is 35.2 Å². The molecular formula is C19H18N6OS. The molecule has 0 spiro atoms. The van der Waals surface area contributed by atoms with E-state index in [0.29, 0.717) is 21.4 Å². The molecule has 0 atom stereocenters. The minimum atomic E-state index is -0.445. The van der Waals surface area contributed by atoms with E-state index in [0.717, 1.165) is 11.1 Å². The number of benzene rings is 1. The average Bonchev–Trinajstić information content (AvgIpc) is 3.09. The van der Waals surface area contributed by atoms with Gasteiger partial charge in [-0.2, -0.15) is 5.26 Å². The van der Waals surface area contributed by atoms with Gasteiger partial charge in [-0.25, -0.2) is 4.79 Å². The predicted octanol–water partition coefficient (Wildman–Crippen LogP) is 4.41.